The van der Waals surface area contributed by atoms with Crippen molar-refractivity contribution in [3.63, 3.8) is 0 Å². The molecule has 0 aliphatic heterocycles. The highest BCUT2D eigenvalue weighted by molar-refractivity contribution is 5.86. The second-order valence-corrected chi connectivity index (χ2v) is 6.76. The summed E-state index contributed by atoms with van der Waals surface area (Å²) in [4.78, 5) is 34.6. The molecule has 2 atom stereocenters. The van der Waals surface area contributed by atoms with Crippen LogP contribution in [0.5, 0.6) is 0 Å². The van der Waals surface area contributed by atoms with Crippen molar-refractivity contribution in [1.29, 1.82) is 0 Å². The number of benzene rings is 1. The molecule has 0 saturated heterocycles. The van der Waals surface area contributed by atoms with Crippen LogP contribution >= 0.6 is 0 Å². The summed E-state index contributed by atoms with van der Waals surface area (Å²) in [6.07, 6.45) is 0.484. The fourth-order valence-corrected chi connectivity index (χ4v) is 2.32. The first-order valence-corrected chi connectivity index (χ1v) is 7.63. The number of hydroxylamine groups is 2. The number of hydrogen-bond acceptors (Lipinski definition) is 4. The van der Waals surface area contributed by atoms with E-state index in [0.717, 1.165) is 5.56 Å². The molecule has 2 unspecified atom stereocenters. The van der Waals surface area contributed by atoms with Crippen LogP contribution in [0.25, 0.3) is 0 Å². The Labute approximate surface area is 141 Å². The molecular formula is C17H24N2O5. The Hall–Kier alpha value is -2.41. The van der Waals surface area contributed by atoms with Crippen LogP contribution in [-0.4, -0.2) is 46.3 Å². The molecule has 7 heteroatoms. The van der Waals surface area contributed by atoms with Crippen molar-refractivity contribution < 1.29 is 24.7 Å². The summed E-state index contributed by atoms with van der Waals surface area (Å²) in [5, 5.41) is 21.7. The number of nitrogens with one attached hydrogen (secondary N) is 1. The normalized spacial score (nSPS) is 13.7. The summed E-state index contributed by atoms with van der Waals surface area (Å²) in [6.45, 7) is 4.91. The summed E-state index contributed by atoms with van der Waals surface area (Å²) in [5.41, 5.74) is 0.169. The molecule has 3 N–H and O–H groups in total. The Kier molecular flexibility index (Phi) is 6.91. The zero-order valence-electron chi connectivity index (χ0n) is 14.1. The second kappa shape index (κ2) is 8.44. The molecule has 1 rings (SSSR count). The standard InChI is InChI=1S/C17H24N2O5/c1-17(2,3)14(16(22)23)18-15(21)13(10-19(24)11-20)9-12-7-5-4-6-8-12/h4-8,11,13-14,24H,9-10H2,1-3H3,(H,18,21)(H,22,23). The average molecular weight is 336 g/mol. The van der Waals surface area contributed by atoms with Crippen molar-refractivity contribution in [3.8, 4) is 0 Å². The van der Waals surface area contributed by atoms with Gasteiger partial charge in [-0.3, -0.25) is 14.8 Å². The maximum atomic E-state index is 12.5. The molecule has 1 aromatic carbocycles. The number of carboxylic acids is 1. The molecule has 0 spiro atoms. The summed E-state index contributed by atoms with van der Waals surface area (Å²) < 4.78 is 0. The molecule has 132 valence electrons. The Morgan fingerprint density at radius 2 is 1.83 bits per heavy atom. The summed E-state index contributed by atoms with van der Waals surface area (Å²) in [6, 6.07) is 8.03. The van der Waals surface area contributed by atoms with Gasteiger partial charge in [-0.05, 0) is 17.4 Å². The van der Waals surface area contributed by atoms with Crippen LogP contribution in [0.4, 0.5) is 0 Å². The first-order chi connectivity index (χ1) is 11.1. The van der Waals surface area contributed by atoms with Gasteiger partial charge in [0.1, 0.15) is 6.04 Å². The maximum Gasteiger partial charge on any atom is 0.326 e. The minimum atomic E-state index is -1.13. The monoisotopic (exact) mass is 336 g/mol. The van der Waals surface area contributed by atoms with Gasteiger partial charge >= 0.3 is 5.97 Å². The Morgan fingerprint density at radius 1 is 1.25 bits per heavy atom. The van der Waals surface area contributed by atoms with E-state index in [9.17, 15) is 24.7 Å². The van der Waals surface area contributed by atoms with Crippen molar-refractivity contribution >= 4 is 18.3 Å². The molecule has 0 radical (unpaired) electrons. The van der Waals surface area contributed by atoms with Crippen LogP contribution in [0.2, 0.25) is 0 Å². The van der Waals surface area contributed by atoms with Crippen molar-refractivity contribution in [3.05, 3.63) is 35.9 Å². The molecular weight excluding hydrogens is 312 g/mol. The van der Waals surface area contributed by atoms with Crippen LogP contribution in [0.3, 0.4) is 0 Å². The van der Waals surface area contributed by atoms with Gasteiger partial charge in [0.25, 0.3) is 0 Å². The van der Waals surface area contributed by atoms with E-state index in [1.807, 2.05) is 30.3 Å². The summed E-state index contributed by atoms with van der Waals surface area (Å²) in [5.74, 6) is -2.43. The second-order valence-electron chi connectivity index (χ2n) is 6.76. The zero-order valence-corrected chi connectivity index (χ0v) is 14.1. The number of amides is 2. The maximum absolute atomic E-state index is 12.5. The molecule has 2 amide bonds. The van der Waals surface area contributed by atoms with E-state index >= 15 is 0 Å². The van der Waals surface area contributed by atoms with E-state index in [-0.39, 0.29) is 19.4 Å². The fourth-order valence-electron chi connectivity index (χ4n) is 2.32. The van der Waals surface area contributed by atoms with Crippen molar-refractivity contribution in [2.24, 2.45) is 11.3 Å². The third-order valence-corrected chi connectivity index (χ3v) is 3.62. The highest BCUT2D eigenvalue weighted by atomic mass is 16.5. The van der Waals surface area contributed by atoms with Gasteiger partial charge in [0, 0.05) is 0 Å². The summed E-state index contributed by atoms with van der Waals surface area (Å²) in [7, 11) is 0. The van der Waals surface area contributed by atoms with Gasteiger partial charge in [-0.1, -0.05) is 51.1 Å². The lowest BCUT2D eigenvalue weighted by molar-refractivity contribution is -0.155. The van der Waals surface area contributed by atoms with Gasteiger partial charge in [0.05, 0.1) is 12.5 Å². The lowest BCUT2D eigenvalue weighted by Gasteiger charge is -2.30. The molecule has 0 aliphatic carbocycles. The SMILES string of the molecule is CC(C)(C)C(NC(=O)C(Cc1ccccc1)CN(O)C=O)C(=O)O. The van der Waals surface area contributed by atoms with Crippen LogP contribution in [-0.2, 0) is 20.8 Å². The number of carboxylic acid groups (broad SMARTS) is 1. The summed E-state index contributed by atoms with van der Waals surface area (Å²) >= 11 is 0. The van der Waals surface area contributed by atoms with Crippen molar-refractivity contribution in [1.82, 2.24) is 10.4 Å². The van der Waals surface area contributed by atoms with E-state index in [4.69, 9.17) is 0 Å². The first kappa shape index (κ1) is 19.6. The Balaban J connectivity index is 2.94. The van der Waals surface area contributed by atoms with Crippen LogP contribution in [0.15, 0.2) is 30.3 Å². The van der Waals surface area contributed by atoms with Crippen LogP contribution in [0.1, 0.15) is 26.3 Å². The number of rotatable bonds is 8. The molecule has 0 aliphatic rings. The molecule has 0 heterocycles. The largest absolute Gasteiger partial charge is 0.480 e. The van der Waals surface area contributed by atoms with Crippen molar-refractivity contribution in [2.45, 2.75) is 33.2 Å². The number of hydrogen-bond donors (Lipinski definition) is 3. The third-order valence-electron chi connectivity index (χ3n) is 3.62. The van der Waals surface area contributed by atoms with E-state index in [2.05, 4.69) is 5.32 Å². The quantitative estimate of drug-likeness (QED) is 0.377. The lowest BCUT2D eigenvalue weighted by Crippen LogP contribution is -2.52. The predicted octanol–water partition coefficient (Wildman–Crippen LogP) is 1.31. The third kappa shape index (κ3) is 6.00. The Bertz CT molecular complexity index is 568. The fraction of sp³-hybridized carbons (Fsp3) is 0.471. The van der Waals surface area contributed by atoms with Crippen LogP contribution in [0, 0.1) is 11.3 Å². The van der Waals surface area contributed by atoms with Gasteiger partial charge in [-0.2, -0.15) is 0 Å². The van der Waals surface area contributed by atoms with E-state index < -0.39 is 29.3 Å². The number of carbonyl (C=O) groups is 3. The number of aliphatic carboxylic acids is 1. The van der Waals surface area contributed by atoms with Gasteiger partial charge in [0.15, 0.2) is 0 Å². The van der Waals surface area contributed by atoms with Crippen molar-refractivity contribution in [2.75, 3.05) is 6.54 Å². The smallest absolute Gasteiger partial charge is 0.326 e. The molecule has 0 aromatic heterocycles. The minimum absolute atomic E-state index is 0.212. The van der Waals surface area contributed by atoms with Gasteiger partial charge in [0.2, 0.25) is 12.3 Å². The lowest BCUT2D eigenvalue weighted by atomic mass is 9.86. The number of nitrogens with zero attached hydrogens (tertiary/aromatic N) is 1. The number of carbonyl (C=O) groups excluding carboxylic acids is 2. The molecule has 0 saturated carbocycles. The highest BCUT2D eigenvalue weighted by Crippen LogP contribution is 2.20. The van der Waals surface area contributed by atoms with E-state index in [1.54, 1.807) is 20.8 Å². The van der Waals surface area contributed by atoms with Gasteiger partial charge < -0.3 is 10.4 Å². The highest BCUT2D eigenvalue weighted by Gasteiger charge is 2.34. The first-order valence-electron chi connectivity index (χ1n) is 7.63. The molecule has 7 nitrogen and oxygen atoms in total. The molecule has 1 aromatic rings. The average Bonchev–Trinajstić information content (AvgIpc) is 2.51. The van der Waals surface area contributed by atoms with E-state index in [1.165, 1.54) is 0 Å². The minimum Gasteiger partial charge on any atom is -0.480 e. The van der Waals surface area contributed by atoms with E-state index in [0.29, 0.717) is 5.06 Å². The van der Waals surface area contributed by atoms with Gasteiger partial charge in [-0.25, -0.2) is 9.86 Å². The molecule has 0 fully saturated rings. The van der Waals surface area contributed by atoms with Crippen LogP contribution < -0.4 is 5.32 Å². The zero-order chi connectivity index (χ0) is 18.3. The molecule has 0 bridgehead atoms. The van der Waals surface area contributed by atoms with Gasteiger partial charge in [-0.15, -0.1) is 0 Å². The predicted molar refractivity (Wildman–Crippen MR) is 87.2 cm³/mol. The Morgan fingerprint density at radius 3 is 2.29 bits per heavy atom. The molecule has 24 heavy (non-hydrogen) atoms. The topological polar surface area (TPSA) is 107 Å².